The average Bonchev–Trinajstić information content (AvgIpc) is 2.08. The van der Waals surface area contributed by atoms with E-state index >= 15 is 0 Å². The fraction of sp³-hybridized carbons (Fsp3) is 0.300. The highest BCUT2D eigenvalue weighted by molar-refractivity contribution is 9.10. The molecule has 15 heavy (non-hydrogen) atoms. The number of hydrogen-bond acceptors (Lipinski definition) is 3. The molecule has 0 aromatic heterocycles. The normalized spacial score (nSPS) is 9.60. The first-order valence-corrected chi connectivity index (χ1v) is 5.06. The monoisotopic (exact) mass is 293 g/mol. The van der Waals surface area contributed by atoms with Crippen molar-refractivity contribution in [1.29, 1.82) is 0 Å². The van der Waals surface area contributed by atoms with Gasteiger partial charge in [0, 0.05) is 10.2 Å². The van der Waals surface area contributed by atoms with E-state index in [1.807, 2.05) is 0 Å². The molecule has 1 aromatic rings. The third kappa shape index (κ3) is 4.10. The quantitative estimate of drug-likeness (QED) is 0.674. The van der Waals surface area contributed by atoms with Crippen LogP contribution in [0.1, 0.15) is 24.2 Å². The van der Waals surface area contributed by atoms with E-state index in [9.17, 15) is 4.79 Å². The fourth-order valence-corrected chi connectivity index (χ4v) is 1.20. The van der Waals surface area contributed by atoms with Gasteiger partial charge in [0.05, 0.1) is 11.7 Å². The van der Waals surface area contributed by atoms with Crippen molar-refractivity contribution in [2.75, 3.05) is 5.73 Å². The third-order valence-electron chi connectivity index (χ3n) is 1.57. The Morgan fingerprint density at radius 3 is 2.53 bits per heavy atom. The Hall–Kier alpha value is -0.740. The number of carbonyl (C=O) groups is 1. The second-order valence-corrected chi connectivity index (χ2v) is 4.04. The van der Waals surface area contributed by atoms with Crippen LogP contribution in [0.15, 0.2) is 22.7 Å². The number of hydrogen-bond donors (Lipinski definition) is 1. The zero-order valence-corrected chi connectivity index (χ0v) is 10.9. The Balaban J connectivity index is 0.00000196. The van der Waals surface area contributed by atoms with Gasteiger partial charge < -0.3 is 10.5 Å². The van der Waals surface area contributed by atoms with Crippen LogP contribution in [-0.4, -0.2) is 12.1 Å². The van der Waals surface area contributed by atoms with Crippen LogP contribution in [0, 0.1) is 0 Å². The van der Waals surface area contributed by atoms with Crippen molar-refractivity contribution in [2.24, 2.45) is 0 Å². The highest BCUT2D eigenvalue weighted by atomic mass is 79.9. The molecule has 1 rings (SSSR count). The van der Waals surface area contributed by atoms with Crippen LogP contribution in [-0.2, 0) is 4.74 Å². The predicted octanol–water partition coefficient (Wildman–Crippen LogP) is 3.02. The number of halogens is 2. The van der Waals surface area contributed by atoms with Crippen LogP contribution in [0.2, 0.25) is 0 Å². The van der Waals surface area contributed by atoms with Crippen LogP contribution in [0.4, 0.5) is 5.69 Å². The molecule has 0 saturated heterocycles. The lowest BCUT2D eigenvalue weighted by Crippen LogP contribution is -2.11. The Morgan fingerprint density at radius 1 is 1.47 bits per heavy atom. The maximum absolute atomic E-state index is 11.4. The van der Waals surface area contributed by atoms with Crippen LogP contribution >= 0.6 is 28.3 Å². The molecular formula is C10H13BrClNO2. The maximum atomic E-state index is 11.4. The Labute approximate surface area is 104 Å². The molecule has 0 bridgehead atoms. The van der Waals surface area contributed by atoms with Gasteiger partial charge in [-0.1, -0.05) is 0 Å². The van der Waals surface area contributed by atoms with Gasteiger partial charge in [-0.05, 0) is 48.0 Å². The van der Waals surface area contributed by atoms with Gasteiger partial charge >= 0.3 is 5.97 Å². The second kappa shape index (κ2) is 5.98. The summed E-state index contributed by atoms with van der Waals surface area (Å²) in [5.41, 5.74) is 6.64. The summed E-state index contributed by atoms with van der Waals surface area (Å²) in [4.78, 5) is 11.4. The molecule has 0 unspecified atom stereocenters. The van der Waals surface area contributed by atoms with Crippen LogP contribution in [0.5, 0.6) is 0 Å². The van der Waals surface area contributed by atoms with Crippen molar-refractivity contribution in [3.8, 4) is 0 Å². The summed E-state index contributed by atoms with van der Waals surface area (Å²) < 4.78 is 5.80. The van der Waals surface area contributed by atoms with Crippen molar-refractivity contribution >= 4 is 40.0 Å². The highest BCUT2D eigenvalue weighted by Crippen LogP contribution is 2.20. The number of esters is 1. The molecule has 5 heteroatoms. The predicted molar refractivity (Wildman–Crippen MR) is 66.4 cm³/mol. The third-order valence-corrected chi connectivity index (χ3v) is 2.30. The van der Waals surface area contributed by atoms with Gasteiger partial charge in [0.1, 0.15) is 0 Å². The number of nitrogen functional groups attached to an aromatic ring is 1. The summed E-state index contributed by atoms with van der Waals surface area (Å²) in [7, 11) is 0. The number of carbonyl (C=O) groups excluding carboxylic acids is 1. The van der Waals surface area contributed by atoms with Crippen LogP contribution in [0.3, 0.4) is 0 Å². The minimum Gasteiger partial charge on any atom is -0.459 e. The molecule has 1 aromatic carbocycles. The van der Waals surface area contributed by atoms with Crippen molar-refractivity contribution < 1.29 is 9.53 Å². The average molecular weight is 295 g/mol. The smallest absolute Gasteiger partial charge is 0.338 e. The summed E-state index contributed by atoms with van der Waals surface area (Å²) in [6.45, 7) is 3.61. The molecule has 3 nitrogen and oxygen atoms in total. The molecule has 0 spiro atoms. The fourth-order valence-electron chi connectivity index (χ4n) is 0.953. The molecule has 84 valence electrons. The zero-order chi connectivity index (χ0) is 10.7. The molecule has 0 aliphatic carbocycles. The van der Waals surface area contributed by atoms with E-state index in [2.05, 4.69) is 15.9 Å². The van der Waals surface area contributed by atoms with Crippen LogP contribution < -0.4 is 5.73 Å². The number of benzene rings is 1. The van der Waals surface area contributed by atoms with E-state index in [4.69, 9.17) is 10.5 Å². The summed E-state index contributed by atoms with van der Waals surface area (Å²) in [5, 5.41) is 0. The first kappa shape index (κ1) is 14.3. The lowest BCUT2D eigenvalue weighted by molar-refractivity contribution is 0.0378. The highest BCUT2D eigenvalue weighted by Gasteiger charge is 2.09. The van der Waals surface area contributed by atoms with Crippen molar-refractivity contribution in [3.63, 3.8) is 0 Å². The Kier molecular flexibility index (Phi) is 5.68. The van der Waals surface area contributed by atoms with Crippen molar-refractivity contribution in [3.05, 3.63) is 28.2 Å². The van der Waals surface area contributed by atoms with Gasteiger partial charge in [0.15, 0.2) is 0 Å². The molecule has 0 heterocycles. The maximum Gasteiger partial charge on any atom is 0.338 e. The van der Waals surface area contributed by atoms with Crippen LogP contribution in [0.25, 0.3) is 0 Å². The van der Waals surface area contributed by atoms with Crippen molar-refractivity contribution in [2.45, 2.75) is 20.0 Å². The molecule has 2 N–H and O–H groups in total. The number of rotatable bonds is 2. The first-order chi connectivity index (χ1) is 6.50. The summed E-state index contributed by atoms with van der Waals surface area (Å²) >= 11 is 3.25. The van der Waals surface area contributed by atoms with E-state index in [1.165, 1.54) is 0 Å². The molecule has 0 saturated carbocycles. The summed E-state index contributed by atoms with van der Waals surface area (Å²) in [5.74, 6) is -0.348. The lowest BCUT2D eigenvalue weighted by Gasteiger charge is -2.08. The SMILES string of the molecule is CC(C)OC(=O)c1ccc(Br)c(N)c1.Cl. The summed E-state index contributed by atoms with van der Waals surface area (Å²) in [6, 6.07) is 4.99. The number of nitrogens with two attached hydrogens (primary N) is 1. The molecular weight excluding hydrogens is 281 g/mol. The van der Waals surface area contributed by atoms with E-state index in [0.717, 1.165) is 4.47 Å². The first-order valence-electron chi connectivity index (χ1n) is 4.26. The zero-order valence-electron chi connectivity index (χ0n) is 8.49. The van der Waals surface area contributed by atoms with Gasteiger partial charge in [-0.25, -0.2) is 4.79 Å². The molecule has 0 aliphatic heterocycles. The Morgan fingerprint density at radius 2 is 2.07 bits per heavy atom. The standard InChI is InChI=1S/C10H12BrNO2.ClH/c1-6(2)14-10(13)7-3-4-8(11)9(12)5-7;/h3-6H,12H2,1-2H3;1H. The van der Waals surface area contributed by atoms with E-state index in [0.29, 0.717) is 11.3 Å². The molecule has 0 amide bonds. The van der Waals surface area contributed by atoms with E-state index < -0.39 is 0 Å². The lowest BCUT2D eigenvalue weighted by atomic mass is 10.2. The largest absolute Gasteiger partial charge is 0.459 e. The van der Waals surface area contributed by atoms with Crippen molar-refractivity contribution in [1.82, 2.24) is 0 Å². The molecule has 0 fully saturated rings. The van der Waals surface area contributed by atoms with E-state index in [-0.39, 0.29) is 24.5 Å². The topological polar surface area (TPSA) is 52.3 Å². The minimum absolute atomic E-state index is 0. The number of ether oxygens (including phenoxy) is 1. The van der Waals surface area contributed by atoms with Gasteiger partial charge in [0.2, 0.25) is 0 Å². The molecule has 0 aliphatic rings. The van der Waals surface area contributed by atoms with Gasteiger partial charge in [-0.15, -0.1) is 12.4 Å². The Bertz CT molecular complexity index is 355. The van der Waals surface area contributed by atoms with Gasteiger partial charge in [-0.3, -0.25) is 0 Å². The summed E-state index contributed by atoms with van der Waals surface area (Å²) in [6.07, 6.45) is -0.118. The molecule has 0 radical (unpaired) electrons. The van der Waals surface area contributed by atoms with Gasteiger partial charge in [-0.2, -0.15) is 0 Å². The number of anilines is 1. The van der Waals surface area contributed by atoms with E-state index in [1.54, 1.807) is 32.0 Å². The van der Waals surface area contributed by atoms with Gasteiger partial charge in [0.25, 0.3) is 0 Å². The molecule has 0 atom stereocenters. The second-order valence-electron chi connectivity index (χ2n) is 3.19. The minimum atomic E-state index is -0.348.